The summed E-state index contributed by atoms with van der Waals surface area (Å²) in [5, 5.41) is 6.05. The summed E-state index contributed by atoms with van der Waals surface area (Å²) in [7, 11) is 0. The fourth-order valence-corrected chi connectivity index (χ4v) is 5.03. The van der Waals surface area contributed by atoms with Crippen molar-refractivity contribution in [2.75, 3.05) is 11.6 Å². The van der Waals surface area contributed by atoms with Gasteiger partial charge in [-0.05, 0) is 54.8 Å². The predicted molar refractivity (Wildman–Crippen MR) is 127 cm³/mol. The topological polar surface area (TPSA) is 58.2 Å². The van der Waals surface area contributed by atoms with Gasteiger partial charge < -0.3 is 10.6 Å². The molecule has 1 aliphatic heterocycles. The summed E-state index contributed by atoms with van der Waals surface area (Å²) in [5.41, 5.74) is 3.49. The molecule has 2 N–H and O–H groups in total. The van der Waals surface area contributed by atoms with Crippen LogP contribution in [0, 0.1) is 11.2 Å². The highest BCUT2D eigenvalue weighted by atomic mass is 32.2. The number of para-hydroxylation sites is 1. The van der Waals surface area contributed by atoms with Crippen LogP contribution in [0.4, 0.5) is 10.1 Å². The molecule has 1 heterocycles. The number of anilines is 1. The fourth-order valence-electron chi connectivity index (χ4n) is 4.62. The number of ketones is 1. The molecule has 166 valence electrons. The van der Waals surface area contributed by atoms with E-state index in [-0.39, 0.29) is 16.9 Å². The van der Waals surface area contributed by atoms with Crippen molar-refractivity contribution in [3.8, 4) is 0 Å². The van der Waals surface area contributed by atoms with Gasteiger partial charge in [0.2, 0.25) is 0 Å². The first-order valence-corrected chi connectivity index (χ1v) is 11.9. The summed E-state index contributed by atoms with van der Waals surface area (Å²) in [6.07, 6.45) is 3.16. The smallest absolute Gasteiger partial charge is 0.254 e. The minimum Gasteiger partial charge on any atom is -0.362 e. The lowest BCUT2D eigenvalue weighted by Crippen LogP contribution is -2.39. The van der Waals surface area contributed by atoms with Crippen LogP contribution < -0.4 is 10.6 Å². The van der Waals surface area contributed by atoms with Crippen LogP contribution in [0.3, 0.4) is 0 Å². The molecular formula is C26H27FN2O2S. The highest BCUT2D eigenvalue weighted by Crippen LogP contribution is 2.46. The summed E-state index contributed by atoms with van der Waals surface area (Å²) < 4.78 is 14.2. The largest absolute Gasteiger partial charge is 0.362 e. The molecule has 1 amide bonds. The molecule has 0 radical (unpaired) electrons. The lowest BCUT2D eigenvalue weighted by atomic mass is 9.68. The van der Waals surface area contributed by atoms with E-state index in [1.807, 2.05) is 37.4 Å². The standard InChI is InChI=1S/C26H27FN2O2S/c1-15-22(25(31)29-19-8-6-5-7-18(19)27)23(16-9-11-17(32-4)12-10-16)24-20(28-15)13-26(2,3)14-21(24)30/h5-12,23,28H,13-14H2,1-4H3,(H,29,31). The molecule has 1 atom stereocenters. The number of halogens is 1. The Hall–Kier alpha value is -2.86. The molecule has 1 unspecified atom stereocenters. The maximum Gasteiger partial charge on any atom is 0.254 e. The Morgan fingerprint density at radius 2 is 1.81 bits per heavy atom. The van der Waals surface area contributed by atoms with E-state index in [2.05, 4.69) is 24.5 Å². The number of nitrogens with one attached hydrogen (secondary N) is 2. The molecule has 32 heavy (non-hydrogen) atoms. The number of benzene rings is 2. The van der Waals surface area contributed by atoms with Gasteiger partial charge in [-0.2, -0.15) is 0 Å². The first-order valence-electron chi connectivity index (χ1n) is 10.6. The molecule has 6 heteroatoms. The fraction of sp³-hybridized carbons (Fsp3) is 0.308. The SMILES string of the molecule is CSc1ccc(C2C(C(=O)Nc3ccccc3F)=C(C)NC3=C2C(=O)CC(C)(C)C3)cc1. The Labute approximate surface area is 192 Å². The zero-order valence-electron chi connectivity index (χ0n) is 18.7. The molecule has 2 aromatic carbocycles. The van der Waals surface area contributed by atoms with Crippen LogP contribution in [-0.2, 0) is 9.59 Å². The molecule has 0 fully saturated rings. The van der Waals surface area contributed by atoms with Crippen LogP contribution in [0.25, 0.3) is 0 Å². The Morgan fingerprint density at radius 1 is 1.12 bits per heavy atom. The molecular weight excluding hydrogens is 423 g/mol. The Bertz CT molecular complexity index is 1150. The molecule has 0 bridgehead atoms. The molecule has 0 saturated carbocycles. The number of Topliss-reactive ketones (excluding diaryl/α,β-unsaturated/α-hetero) is 1. The minimum atomic E-state index is -0.502. The van der Waals surface area contributed by atoms with E-state index in [0.29, 0.717) is 23.3 Å². The van der Waals surface area contributed by atoms with Crippen LogP contribution in [0.15, 0.2) is 76.0 Å². The highest BCUT2D eigenvalue weighted by molar-refractivity contribution is 7.98. The van der Waals surface area contributed by atoms with Crippen molar-refractivity contribution in [1.82, 2.24) is 5.32 Å². The van der Waals surface area contributed by atoms with Crippen molar-refractivity contribution >= 4 is 29.1 Å². The summed E-state index contributed by atoms with van der Waals surface area (Å²) >= 11 is 1.63. The number of carbonyl (C=O) groups is 2. The normalized spacial score (nSPS) is 20.0. The molecule has 1 aliphatic carbocycles. The van der Waals surface area contributed by atoms with Crippen molar-refractivity contribution in [1.29, 1.82) is 0 Å². The predicted octanol–water partition coefficient (Wildman–Crippen LogP) is 5.79. The van der Waals surface area contributed by atoms with Gasteiger partial charge >= 0.3 is 0 Å². The third kappa shape index (κ3) is 4.24. The van der Waals surface area contributed by atoms with Crippen LogP contribution in [0.2, 0.25) is 0 Å². The van der Waals surface area contributed by atoms with E-state index in [1.54, 1.807) is 23.9 Å². The van der Waals surface area contributed by atoms with E-state index in [1.165, 1.54) is 12.1 Å². The number of thioether (sulfide) groups is 1. The van der Waals surface area contributed by atoms with Crippen LogP contribution in [0.1, 0.15) is 45.1 Å². The van der Waals surface area contributed by atoms with Crippen LogP contribution in [-0.4, -0.2) is 17.9 Å². The van der Waals surface area contributed by atoms with Gasteiger partial charge in [0, 0.05) is 39.8 Å². The second-order valence-electron chi connectivity index (χ2n) is 9.14. The third-order valence-corrected chi connectivity index (χ3v) is 6.80. The summed E-state index contributed by atoms with van der Waals surface area (Å²) in [4.78, 5) is 27.9. The highest BCUT2D eigenvalue weighted by Gasteiger charge is 2.42. The zero-order valence-corrected chi connectivity index (χ0v) is 19.5. The van der Waals surface area contributed by atoms with Gasteiger partial charge in [-0.15, -0.1) is 11.8 Å². The van der Waals surface area contributed by atoms with E-state index in [0.717, 1.165) is 22.6 Å². The number of hydrogen-bond acceptors (Lipinski definition) is 4. The van der Waals surface area contributed by atoms with E-state index < -0.39 is 17.6 Å². The van der Waals surface area contributed by atoms with Gasteiger partial charge in [0.15, 0.2) is 5.78 Å². The van der Waals surface area contributed by atoms with E-state index in [9.17, 15) is 14.0 Å². The van der Waals surface area contributed by atoms with Crippen molar-refractivity contribution in [2.24, 2.45) is 5.41 Å². The number of allylic oxidation sites excluding steroid dienone is 3. The van der Waals surface area contributed by atoms with Gasteiger partial charge in [0.1, 0.15) is 5.82 Å². The Balaban J connectivity index is 1.81. The first-order chi connectivity index (χ1) is 15.2. The van der Waals surface area contributed by atoms with Gasteiger partial charge in [0.25, 0.3) is 5.91 Å². The summed E-state index contributed by atoms with van der Waals surface area (Å²) in [6.45, 7) is 6.01. The lowest BCUT2D eigenvalue weighted by molar-refractivity contribution is -0.118. The zero-order chi connectivity index (χ0) is 23.0. The third-order valence-electron chi connectivity index (χ3n) is 6.06. The maximum atomic E-state index is 14.2. The Morgan fingerprint density at radius 3 is 2.47 bits per heavy atom. The summed E-state index contributed by atoms with van der Waals surface area (Å²) in [5.74, 6) is -1.37. The quantitative estimate of drug-likeness (QED) is 0.579. The molecule has 4 nitrogen and oxygen atoms in total. The van der Waals surface area contributed by atoms with Crippen LogP contribution >= 0.6 is 11.8 Å². The lowest BCUT2D eigenvalue weighted by Gasteiger charge is -2.39. The number of amides is 1. The van der Waals surface area contributed by atoms with Crippen LogP contribution in [0.5, 0.6) is 0 Å². The van der Waals surface area contributed by atoms with Crippen molar-refractivity contribution in [2.45, 2.75) is 44.4 Å². The second kappa shape index (κ2) is 8.58. The van der Waals surface area contributed by atoms with Gasteiger partial charge in [0.05, 0.1) is 5.69 Å². The van der Waals surface area contributed by atoms with E-state index >= 15 is 0 Å². The monoisotopic (exact) mass is 450 g/mol. The molecule has 2 aliphatic rings. The van der Waals surface area contributed by atoms with Gasteiger partial charge in [-0.25, -0.2) is 4.39 Å². The number of dihydropyridines is 1. The van der Waals surface area contributed by atoms with Crippen molar-refractivity contribution < 1.29 is 14.0 Å². The van der Waals surface area contributed by atoms with Gasteiger partial charge in [-0.3, -0.25) is 9.59 Å². The molecule has 2 aromatic rings. The summed E-state index contributed by atoms with van der Waals surface area (Å²) in [6, 6.07) is 14.0. The molecule has 0 aromatic heterocycles. The van der Waals surface area contributed by atoms with Gasteiger partial charge in [-0.1, -0.05) is 38.1 Å². The molecule has 4 rings (SSSR count). The molecule has 0 spiro atoms. The average molecular weight is 451 g/mol. The number of rotatable bonds is 4. The second-order valence-corrected chi connectivity index (χ2v) is 10.0. The Kier molecular flexibility index (Phi) is 5.99. The number of hydrogen-bond donors (Lipinski definition) is 2. The maximum absolute atomic E-state index is 14.2. The average Bonchev–Trinajstić information content (AvgIpc) is 2.73. The molecule has 0 saturated heterocycles. The van der Waals surface area contributed by atoms with Crippen molar-refractivity contribution in [3.63, 3.8) is 0 Å². The first kappa shape index (κ1) is 22.3. The van der Waals surface area contributed by atoms with E-state index in [4.69, 9.17) is 0 Å². The minimum absolute atomic E-state index is 0.0476. The number of carbonyl (C=O) groups excluding carboxylic acids is 2. The van der Waals surface area contributed by atoms with Crippen molar-refractivity contribution in [3.05, 3.63) is 82.5 Å².